The van der Waals surface area contributed by atoms with Crippen molar-refractivity contribution in [3.05, 3.63) is 0 Å². The fraction of sp³-hybridized carbons (Fsp3) is 0.974. The van der Waals surface area contributed by atoms with E-state index in [0.717, 1.165) is 51.9 Å². The molecule has 0 aliphatic rings. The molecular formula is C76H152CaN2O4. The molecule has 0 bridgehead atoms. The molecule has 83 heavy (non-hydrogen) atoms. The van der Waals surface area contributed by atoms with Crippen molar-refractivity contribution in [2.75, 3.05) is 26.2 Å². The third-order valence-corrected chi connectivity index (χ3v) is 18.3. The monoisotopic (exact) mass is 1200 g/mol. The van der Waals surface area contributed by atoms with Crippen molar-refractivity contribution in [2.24, 2.45) is 0 Å². The van der Waals surface area contributed by atoms with Gasteiger partial charge in [0.2, 0.25) is 0 Å². The Bertz CT molecular complexity index is 1050. The van der Waals surface area contributed by atoms with Crippen LogP contribution in [0.1, 0.15) is 440 Å². The summed E-state index contributed by atoms with van der Waals surface area (Å²) in [4.78, 5) is 27.9. The number of aliphatic carboxylic acids is 2. The van der Waals surface area contributed by atoms with Gasteiger partial charge < -0.3 is 29.6 Å². The number of carboxylic acid groups (broad SMARTS) is 2. The first-order chi connectivity index (χ1) is 40.3. The van der Waals surface area contributed by atoms with Gasteiger partial charge in [0.15, 0.2) is 0 Å². The molecule has 0 rings (SSSR count). The third kappa shape index (κ3) is 71.1. The molecule has 0 fully saturated rings. The standard InChI is InChI=1S/2C38H77NO2.Ca/c2*1-4-7-9-11-13-15-17-19-21-23-25-27-29-31-34-39(37(33-6-3)36-38(40)41)35-32-30-28-26-24-22-20-18-16-14-12-10-8-5-2;/h2*37H,4-36H2,1-3H3,(H,40,41);/q;;+2/p-2. The molecule has 7 heteroatoms. The molecule has 0 spiro atoms. The van der Waals surface area contributed by atoms with Crippen molar-refractivity contribution < 1.29 is 19.8 Å². The van der Waals surface area contributed by atoms with Gasteiger partial charge in [-0.2, -0.15) is 0 Å². The van der Waals surface area contributed by atoms with Crippen molar-refractivity contribution in [3.63, 3.8) is 0 Å². The minimum atomic E-state index is -0.879. The van der Waals surface area contributed by atoms with Crippen molar-refractivity contribution in [2.45, 2.75) is 452 Å². The molecule has 0 aromatic carbocycles. The van der Waals surface area contributed by atoms with Crippen LogP contribution in [0.3, 0.4) is 0 Å². The summed E-state index contributed by atoms with van der Waals surface area (Å²) in [5.41, 5.74) is 0. The fourth-order valence-corrected chi connectivity index (χ4v) is 12.9. The van der Waals surface area contributed by atoms with Gasteiger partial charge >= 0.3 is 37.7 Å². The molecule has 0 saturated carbocycles. The van der Waals surface area contributed by atoms with Gasteiger partial charge in [0, 0.05) is 36.9 Å². The maximum Gasteiger partial charge on any atom is 2.00 e. The first-order valence-electron chi connectivity index (χ1n) is 38.2. The quantitative estimate of drug-likeness (QED) is 0.0445. The maximum absolute atomic E-state index is 11.5. The van der Waals surface area contributed by atoms with E-state index in [1.54, 1.807) is 0 Å². The van der Waals surface area contributed by atoms with E-state index in [9.17, 15) is 19.8 Å². The topological polar surface area (TPSA) is 86.7 Å². The zero-order valence-electron chi connectivity index (χ0n) is 58.1. The Kier molecular flexibility index (Phi) is 80.3. The summed E-state index contributed by atoms with van der Waals surface area (Å²) >= 11 is 0. The first kappa shape index (κ1) is 87.3. The number of carbonyl (C=O) groups is 2. The average molecular weight is 1200 g/mol. The zero-order valence-corrected chi connectivity index (χ0v) is 60.3. The predicted molar refractivity (Wildman–Crippen MR) is 367 cm³/mol. The Morgan fingerprint density at radius 1 is 0.229 bits per heavy atom. The van der Waals surface area contributed by atoms with E-state index >= 15 is 0 Å². The number of rotatable bonds is 70. The predicted octanol–water partition coefficient (Wildman–Crippen LogP) is 22.7. The van der Waals surface area contributed by atoms with Crippen LogP contribution in [-0.4, -0.2) is 97.7 Å². The van der Waals surface area contributed by atoms with E-state index in [2.05, 4.69) is 51.3 Å². The minimum absolute atomic E-state index is 0. The number of hydrogen-bond acceptors (Lipinski definition) is 6. The summed E-state index contributed by atoms with van der Waals surface area (Å²) in [6, 6.07) is 0.322. The number of nitrogens with zero attached hydrogens (tertiary/aromatic N) is 2. The van der Waals surface area contributed by atoms with Gasteiger partial charge in [0.1, 0.15) is 0 Å². The normalized spacial score (nSPS) is 12.2. The van der Waals surface area contributed by atoms with Crippen LogP contribution in [-0.2, 0) is 9.59 Å². The van der Waals surface area contributed by atoms with E-state index in [-0.39, 0.29) is 62.7 Å². The van der Waals surface area contributed by atoms with Crippen LogP contribution in [0, 0.1) is 0 Å². The van der Waals surface area contributed by atoms with E-state index in [0.29, 0.717) is 0 Å². The largest absolute Gasteiger partial charge is 2.00 e. The first-order valence-corrected chi connectivity index (χ1v) is 38.2. The molecule has 0 N–H and O–H groups in total. The molecule has 0 radical (unpaired) electrons. The second-order valence-electron chi connectivity index (χ2n) is 26.5. The Labute approximate surface area is 553 Å². The van der Waals surface area contributed by atoms with Crippen LogP contribution in [0.4, 0.5) is 0 Å². The van der Waals surface area contributed by atoms with Crippen molar-refractivity contribution in [1.29, 1.82) is 0 Å². The molecule has 0 aliphatic heterocycles. The number of carboxylic acids is 2. The maximum atomic E-state index is 11.5. The van der Waals surface area contributed by atoms with Crippen LogP contribution in [0.5, 0.6) is 0 Å². The zero-order chi connectivity index (χ0) is 60.1. The molecule has 0 aromatic heterocycles. The van der Waals surface area contributed by atoms with Crippen LogP contribution >= 0.6 is 0 Å². The average Bonchev–Trinajstić information content (AvgIpc) is 3.47. The summed E-state index contributed by atoms with van der Waals surface area (Å²) in [5.74, 6) is -1.76. The SMILES string of the molecule is CCCCCCCCCCCCCCCCN(CCCCCCCCCCCCCCCC)C(CCC)CC(=O)[O-].CCCCCCCCCCCCCCCCN(CCCCCCCCCCCCCCCC)C(CCC)CC(=O)[O-].[Ca+2]. The summed E-state index contributed by atoms with van der Waals surface area (Å²) in [6.45, 7) is 17.8. The van der Waals surface area contributed by atoms with E-state index < -0.39 is 11.9 Å². The number of hydrogen-bond donors (Lipinski definition) is 0. The second-order valence-corrected chi connectivity index (χ2v) is 26.5. The van der Waals surface area contributed by atoms with Crippen LogP contribution in [0.25, 0.3) is 0 Å². The molecule has 0 amide bonds. The Morgan fingerprint density at radius 3 is 0.482 bits per heavy atom. The van der Waals surface area contributed by atoms with Gasteiger partial charge in [-0.05, 0) is 64.7 Å². The molecule has 492 valence electrons. The van der Waals surface area contributed by atoms with Crippen LogP contribution in [0.2, 0.25) is 0 Å². The summed E-state index contributed by atoms with van der Waals surface area (Å²) in [6.07, 6.45) is 81.8. The van der Waals surface area contributed by atoms with Gasteiger partial charge in [-0.15, -0.1) is 0 Å². The molecule has 0 aromatic rings. The van der Waals surface area contributed by atoms with E-state index in [1.165, 1.54) is 360 Å². The Balaban J connectivity index is -0.00000152. The van der Waals surface area contributed by atoms with Gasteiger partial charge in [0.05, 0.1) is 0 Å². The van der Waals surface area contributed by atoms with Gasteiger partial charge in [-0.3, -0.25) is 0 Å². The molecule has 6 nitrogen and oxygen atoms in total. The van der Waals surface area contributed by atoms with Crippen LogP contribution < -0.4 is 10.2 Å². The second kappa shape index (κ2) is 76.4. The minimum Gasteiger partial charge on any atom is -0.550 e. The summed E-state index contributed by atoms with van der Waals surface area (Å²) in [7, 11) is 0. The molecule has 0 saturated heterocycles. The van der Waals surface area contributed by atoms with Gasteiger partial charge in [0.25, 0.3) is 0 Å². The Hall–Kier alpha value is 0.120. The smallest absolute Gasteiger partial charge is 0.550 e. The molecule has 2 atom stereocenters. The van der Waals surface area contributed by atoms with Crippen LogP contribution in [0.15, 0.2) is 0 Å². The molecule has 0 aliphatic carbocycles. The summed E-state index contributed by atoms with van der Waals surface area (Å²) in [5, 5.41) is 22.9. The molecule has 2 unspecified atom stereocenters. The van der Waals surface area contributed by atoms with Crippen molar-refractivity contribution >= 4 is 49.7 Å². The van der Waals surface area contributed by atoms with Gasteiger partial charge in [-0.1, -0.05) is 388 Å². The fourth-order valence-electron chi connectivity index (χ4n) is 12.9. The van der Waals surface area contributed by atoms with E-state index in [1.807, 2.05) is 0 Å². The number of carbonyl (C=O) groups excluding carboxylic acids is 2. The third-order valence-electron chi connectivity index (χ3n) is 18.3. The number of unbranched alkanes of at least 4 members (excludes halogenated alkanes) is 52. The molecule has 0 heterocycles. The van der Waals surface area contributed by atoms with Crippen molar-refractivity contribution in [1.82, 2.24) is 9.80 Å². The van der Waals surface area contributed by atoms with Crippen molar-refractivity contribution in [3.8, 4) is 0 Å². The van der Waals surface area contributed by atoms with E-state index in [4.69, 9.17) is 0 Å². The summed E-state index contributed by atoms with van der Waals surface area (Å²) < 4.78 is 0. The van der Waals surface area contributed by atoms with Gasteiger partial charge in [-0.25, -0.2) is 0 Å². The molecular weight excluding hydrogens is 1040 g/mol. The Morgan fingerprint density at radius 2 is 0.361 bits per heavy atom.